The average molecular weight is 459 g/mol. The van der Waals surface area contributed by atoms with E-state index < -0.39 is 42.1 Å². The predicted molar refractivity (Wildman–Crippen MR) is 107 cm³/mol. The third-order valence-electron chi connectivity index (χ3n) is 4.72. The zero-order valence-corrected chi connectivity index (χ0v) is 16.9. The summed E-state index contributed by atoms with van der Waals surface area (Å²) >= 11 is 0. The molecule has 9 nitrogen and oxygen atoms in total. The van der Waals surface area contributed by atoms with Crippen LogP contribution in [0.15, 0.2) is 54.6 Å². The van der Waals surface area contributed by atoms with E-state index in [1.165, 1.54) is 12.1 Å². The van der Waals surface area contributed by atoms with E-state index in [1.807, 2.05) is 0 Å². The second kappa shape index (κ2) is 8.73. The number of nitrogens with zero attached hydrogens (tertiary/aromatic N) is 4. The van der Waals surface area contributed by atoms with Gasteiger partial charge >= 0.3 is 18.2 Å². The smallest absolute Gasteiger partial charge is 0.416 e. The predicted octanol–water partition coefficient (Wildman–Crippen LogP) is 2.66. The van der Waals surface area contributed by atoms with Crippen LogP contribution in [0, 0.1) is 0 Å². The second-order valence-electron chi connectivity index (χ2n) is 6.94. The molecule has 0 aliphatic carbocycles. The van der Waals surface area contributed by atoms with E-state index in [4.69, 9.17) is 4.74 Å². The summed E-state index contributed by atoms with van der Waals surface area (Å²) < 4.78 is 45.6. The molecule has 0 atom stereocenters. The van der Waals surface area contributed by atoms with Crippen LogP contribution in [0.4, 0.5) is 18.0 Å². The maximum atomic E-state index is 13.2. The summed E-state index contributed by atoms with van der Waals surface area (Å²) in [6.07, 6.45) is -4.58. The molecule has 4 rings (SSSR count). The second-order valence-corrected chi connectivity index (χ2v) is 6.94. The van der Waals surface area contributed by atoms with Gasteiger partial charge < -0.3 is 10.1 Å². The van der Waals surface area contributed by atoms with Gasteiger partial charge in [0.2, 0.25) is 0 Å². The van der Waals surface area contributed by atoms with E-state index in [9.17, 15) is 27.6 Å². The Morgan fingerprint density at radius 1 is 1.09 bits per heavy atom. The van der Waals surface area contributed by atoms with Gasteiger partial charge in [0.1, 0.15) is 0 Å². The molecule has 1 fully saturated rings. The minimum Gasteiger partial charge on any atom is -0.450 e. The third kappa shape index (κ3) is 4.68. The highest BCUT2D eigenvalue weighted by Gasteiger charge is 2.31. The molecule has 170 valence electrons. The SMILES string of the molecule is O=C(OCC(=O)N1CCNC1=O)c1nc(-c2ccccc2)n(-c2cccc(C(F)(F)F)c2)n1. The Labute approximate surface area is 184 Å². The fourth-order valence-corrected chi connectivity index (χ4v) is 3.15. The van der Waals surface area contributed by atoms with Gasteiger partial charge in [-0.05, 0) is 18.2 Å². The Morgan fingerprint density at radius 3 is 2.52 bits per heavy atom. The molecule has 1 N–H and O–H groups in total. The summed E-state index contributed by atoms with van der Waals surface area (Å²) in [5, 5.41) is 6.48. The summed E-state index contributed by atoms with van der Waals surface area (Å²) in [7, 11) is 0. The van der Waals surface area contributed by atoms with Gasteiger partial charge in [-0.3, -0.25) is 9.69 Å². The number of amides is 3. The minimum absolute atomic E-state index is 0.0278. The minimum atomic E-state index is -4.58. The van der Waals surface area contributed by atoms with Crippen LogP contribution < -0.4 is 5.32 Å². The summed E-state index contributed by atoms with van der Waals surface area (Å²) in [6.45, 7) is -0.275. The molecule has 2 aromatic carbocycles. The van der Waals surface area contributed by atoms with Crippen molar-refractivity contribution in [2.24, 2.45) is 0 Å². The molecule has 1 saturated heterocycles. The maximum absolute atomic E-state index is 13.2. The van der Waals surface area contributed by atoms with Crippen LogP contribution in [0.5, 0.6) is 0 Å². The zero-order chi connectivity index (χ0) is 23.6. The number of rotatable bonds is 5. The monoisotopic (exact) mass is 459 g/mol. The lowest BCUT2D eigenvalue weighted by molar-refractivity contribution is -0.137. The number of nitrogens with one attached hydrogen (secondary N) is 1. The number of alkyl halides is 3. The molecular weight excluding hydrogens is 443 g/mol. The number of aromatic nitrogens is 3. The lowest BCUT2D eigenvalue weighted by Gasteiger charge is -2.11. The molecule has 0 bridgehead atoms. The number of halogens is 3. The van der Waals surface area contributed by atoms with Gasteiger partial charge in [-0.15, -0.1) is 5.10 Å². The molecule has 3 amide bonds. The quantitative estimate of drug-likeness (QED) is 0.588. The standard InChI is InChI=1S/C21H16F3N5O4/c22-21(23,24)14-7-4-8-15(11-14)29-18(13-5-2-1-3-6-13)26-17(27-29)19(31)33-12-16(30)28-10-9-25-20(28)32/h1-8,11H,9-10,12H2,(H,25,32). The molecule has 2 heterocycles. The first kappa shape index (κ1) is 22.0. The number of hydrogen-bond donors (Lipinski definition) is 1. The molecule has 1 aliphatic rings. The number of imide groups is 1. The maximum Gasteiger partial charge on any atom is 0.416 e. The van der Waals surface area contributed by atoms with Crippen LogP contribution in [-0.4, -0.2) is 57.3 Å². The molecule has 0 spiro atoms. The molecule has 33 heavy (non-hydrogen) atoms. The molecule has 0 unspecified atom stereocenters. The van der Waals surface area contributed by atoms with E-state index in [1.54, 1.807) is 30.3 Å². The first-order chi connectivity index (χ1) is 15.7. The van der Waals surface area contributed by atoms with E-state index in [2.05, 4.69) is 15.4 Å². The Bertz CT molecular complexity index is 1210. The Morgan fingerprint density at radius 2 is 1.85 bits per heavy atom. The number of urea groups is 1. The summed E-state index contributed by atoms with van der Waals surface area (Å²) in [6, 6.07) is 12.2. The van der Waals surface area contributed by atoms with E-state index >= 15 is 0 Å². The van der Waals surface area contributed by atoms with Crippen molar-refractivity contribution < 1.29 is 32.3 Å². The first-order valence-corrected chi connectivity index (χ1v) is 9.69. The summed E-state index contributed by atoms with van der Waals surface area (Å²) in [5.74, 6) is -2.14. The van der Waals surface area contributed by atoms with Gasteiger partial charge in [0.05, 0.1) is 11.3 Å². The number of hydrogen-bond acceptors (Lipinski definition) is 6. The van der Waals surface area contributed by atoms with Crippen molar-refractivity contribution >= 4 is 17.9 Å². The van der Waals surface area contributed by atoms with Crippen LogP contribution in [-0.2, 0) is 15.7 Å². The van der Waals surface area contributed by atoms with Crippen LogP contribution >= 0.6 is 0 Å². The lowest BCUT2D eigenvalue weighted by atomic mass is 10.2. The van der Waals surface area contributed by atoms with Gasteiger partial charge in [-0.1, -0.05) is 36.4 Å². The van der Waals surface area contributed by atoms with E-state index in [0.29, 0.717) is 12.1 Å². The molecule has 3 aromatic rings. The van der Waals surface area contributed by atoms with Gasteiger partial charge in [0, 0.05) is 18.7 Å². The Balaban J connectivity index is 1.64. The Kier molecular flexibility index (Phi) is 5.82. The van der Waals surface area contributed by atoms with Crippen molar-refractivity contribution in [2.75, 3.05) is 19.7 Å². The highest BCUT2D eigenvalue weighted by molar-refractivity contribution is 5.97. The molecule has 1 aliphatic heterocycles. The molecule has 0 radical (unpaired) electrons. The van der Waals surface area contributed by atoms with Crippen LogP contribution in [0.3, 0.4) is 0 Å². The number of carbonyl (C=O) groups excluding carboxylic acids is 3. The third-order valence-corrected chi connectivity index (χ3v) is 4.72. The Hall–Kier alpha value is -4.22. The average Bonchev–Trinajstić information content (AvgIpc) is 3.44. The number of esters is 1. The highest BCUT2D eigenvalue weighted by Crippen LogP contribution is 2.31. The van der Waals surface area contributed by atoms with Crippen molar-refractivity contribution in [1.82, 2.24) is 25.0 Å². The van der Waals surface area contributed by atoms with Crippen molar-refractivity contribution in [3.8, 4) is 17.1 Å². The molecular formula is C21H16F3N5O4. The van der Waals surface area contributed by atoms with Crippen LogP contribution in [0.2, 0.25) is 0 Å². The van der Waals surface area contributed by atoms with Crippen LogP contribution in [0.25, 0.3) is 17.1 Å². The molecule has 0 saturated carbocycles. The van der Waals surface area contributed by atoms with Crippen LogP contribution in [0.1, 0.15) is 16.2 Å². The van der Waals surface area contributed by atoms with E-state index in [-0.39, 0.29) is 18.1 Å². The number of carbonyl (C=O) groups is 3. The van der Waals surface area contributed by atoms with Crippen molar-refractivity contribution in [3.05, 3.63) is 66.0 Å². The summed E-state index contributed by atoms with van der Waals surface area (Å²) in [5.41, 5.74) is -0.376. The lowest BCUT2D eigenvalue weighted by Crippen LogP contribution is -2.37. The molecule has 12 heteroatoms. The molecule has 1 aromatic heterocycles. The van der Waals surface area contributed by atoms with Gasteiger partial charge in [-0.25, -0.2) is 19.3 Å². The summed E-state index contributed by atoms with van der Waals surface area (Å²) in [4.78, 5) is 41.1. The first-order valence-electron chi connectivity index (χ1n) is 9.69. The number of ether oxygens (including phenoxy) is 1. The fraction of sp³-hybridized carbons (Fsp3) is 0.190. The van der Waals surface area contributed by atoms with Crippen molar-refractivity contribution in [2.45, 2.75) is 6.18 Å². The van der Waals surface area contributed by atoms with E-state index in [0.717, 1.165) is 21.7 Å². The fourth-order valence-electron chi connectivity index (χ4n) is 3.15. The topological polar surface area (TPSA) is 106 Å². The van der Waals surface area contributed by atoms with Crippen molar-refractivity contribution in [1.29, 1.82) is 0 Å². The van der Waals surface area contributed by atoms with Crippen molar-refractivity contribution in [3.63, 3.8) is 0 Å². The normalized spacial score (nSPS) is 13.7. The highest BCUT2D eigenvalue weighted by atomic mass is 19.4. The zero-order valence-electron chi connectivity index (χ0n) is 16.9. The van der Waals surface area contributed by atoms with Gasteiger partial charge in [0.25, 0.3) is 11.7 Å². The largest absolute Gasteiger partial charge is 0.450 e. The van der Waals surface area contributed by atoms with Gasteiger partial charge in [0.15, 0.2) is 12.4 Å². The number of benzene rings is 2. The van der Waals surface area contributed by atoms with Gasteiger partial charge in [-0.2, -0.15) is 13.2 Å².